The van der Waals surface area contributed by atoms with Crippen LogP contribution in [0.2, 0.25) is 0 Å². The maximum Gasteiger partial charge on any atom is 0.279 e. The van der Waals surface area contributed by atoms with Crippen LogP contribution in [0.15, 0.2) is 65.1 Å². The molecule has 0 radical (unpaired) electrons. The van der Waals surface area contributed by atoms with Gasteiger partial charge in [0.1, 0.15) is 5.82 Å². The van der Waals surface area contributed by atoms with E-state index in [1.807, 2.05) is 55.2 Å². The van der Waals surface area contributed by atoms with Crippen LogP contribution >= 0.6 is 0 Å². The van der Waals surface area contributed by atoms with Crippen LogP contribution in [0.25, 0.3) is 18.3 Å². The number of benzene rings is 2. The molecule has 0 fully saturated rings. The number of fused-ring (bicyclic) bond motifs is 1. The van der Waals surface area contributed by atoms with E-state index in [0.29, 0.717) is 17.1 Å². The van der Waals surface area contributed by atoms with Crippen LogP contribution in [0.3, 0.4) is 0 Å². The Bertz CT molecular complexity index is 1400. The van der Waals surface area contributed by atoms with Crippen LogP contribution in [0, 0.1) is 5.82 Å². The highest BCUT2D eigenvalue weighted by Gasteiger charge is 2.40. The predicted molar refractivity (Wildman–Crippen MR) is 129 cm³/mol. The normalized spacial score (nSPS) is 16.3. The number of aromatic amines is 1. The topological polar surface area (TPSA) is 70.1 Å². The number of hydrogen-bond donors (Lipinski definition) is 2. The van der Waals surface area contributed by atoms with Gasteiger partial charge in [0.25, 0.3) is 5.56 Å². The van der Waals surface area contributed by atoms with Crippen LogP contribution in [0.1, 0.15) is 25.8 Å². The molecule has 170 valence electrons. The van der Waals surface area contributed by atoms with E-state index in [9.17, 15) is 14.0 Å². The molecule has 6 nitrogen and oxygen atoms in total. The summed E-state index contributed by atoms with van der Waals surface area (Å²) in [6.45, 7) is 8.45. The van der Waals surface area contributed by atoms with Gasteiger partial charge < -0.3 is 10.2 Å². The Kier molecular flexibility index (Phi) is 5.80. The Morgan fingerprint density at radius 2 is 1.91 bits per heavy atom. The van der Waals surface area contributed by atoms with E-state index in [4.69, 9.17) is 0 Å². The Hall–Kier alpha value is -3.87. The molecule has 0 aliphatic carbocycles. The number of allylic oxidation sites excluding steroid dienone is 2. The van der Waals surface area contributed by atoms with Crippen LogP contribution in [-0.2, 0) is 10.2 Å². The Balaban J connectivity index is 1.83. The fourth-order valence-corrected chi connectivity index (χ4v) is 4.32. The number of rotatable bonds is 5. The molecule has 0 saturated heterocycles. The number of nitrogens with zero attached hydrogens (tertiary/aromatic N) is 2. The van der Waals surface area contributed by atoms with Crippen molar-refractivity contribution in [3.05, 3.63) is 92.6 Å². The molecule has 0 bridgehead atoms. The summed E-state index contributed by atoms with van der Waals surface area (Å²) in [5, 5.41) is 6.60. The lowest BCUT2D eigenvalue weighted by molar-refractivity contribution is -0.120. The first-order valence-corrected chi connectivity index (χ1v) is 10.8. The third-order valence-electron chi connectivity index (χ3n) is 6.12. The first-order chi connectivity index (χ1) is 15.7. The Morgan fingerprint density at radius 3 is 2.61 bits per heavy atom. The average molecular weight is 447 g/mol. The van der Waals surface area contributed by atoms with E-state index in [0.717, 1.165) is 22.6 Å². The van der Waals surface area contributed by atoms with E-state index < -0.39 is 5.41 Å². The average Bonchev–Trinajstić information content (AvgIpc) is 3.20. The van der Waals surface area contributed by atoms with Crippen molar-refractivity contribution >= 4 is 24.2 Å². The minimum Gasteiger partial charge on any atom is -0.359 e. The van der Waals surface area contributed by atoms with Crippen molar-refractivity contribution in [3.63, 3.8) is 0 Å². The molecule has 0 atom stereocenters. The molecule has 1 amide bonds. The van der Waals surface area contributed by atoms with Crippen molar-refractivity contribution in [2.75, 3.05) is 18.5 Å². The summed E-state index contributed by atoms with van der Waals surface area (Å²) in [5.41, 5.74) is 2.56. The number of halogens is 1. The van der Waals surface area contributed by atoms with E-state index in [1.54, 1.807) is 19.2 Å². The summed E-state index contributed by atoms with van der Waals surface area (Å²) >= 11 is 0. The summed E-state index contributed by atoms with van der Waals surface area (Å²) in [6.07, 6.45) is 3.90. The first-order valence-electron chi connectivity index (χ1n) is 10.8. The highest BCUT2D eigenvalue weighted by atomic mass is 19.1. The lowest BCUT2D eigenvalue weighted by atomic mass is 9.83. The third-order valence-corrected chi connectivity index (χ3v) is 6.12. The molecule has 3 aromatic rings. The van der Waals surface area contributed by atoms with Gasteiger partial charge in [-0.15, -0.1) is 0 Å². The van der Waals surface area contributed by atoms with Gasteiger partial charge in [0.2, 0.25) is 5.91 Å². The van der Waals surface area contributed by atoms with Gasteiger partial charge in [0, 0.05) is 36.8 Å². The fraction of sp³-hybridized carbons (Fsp3) is 0.231. The molecule has 0 spiro atoms. The standard InChI is InChI=1S/C26H27FN4O2/c1-17-20(25(33)31(29-17)19-8-6-5-7-9-19)11-13-23-26(2,3)21-16-18(27)10-12-22(21)30(23)15-14-24(32)28-4/h5-13,16,29H,1,14-15H2,2-4H3,(H,28,32)/b20-11-,23-13-. The third kappa shape index (κ3) is 4.02. The van der Waals surface area contributed by atoms with Crippen molar-refractivity contribution < 1.29 is 9.18 Å². The zero-order valence-electron chi connectivity index (χ0n) is 19.0. The molecular weight excluding hydrogens is 419 g/mol. The van der Waals surface area contributed by atoms with E-state index >= 15 is 0 Å². The number of carbonyl (C=O) groups is 1. The van der Waals surface area contributed by atoms with Crippen molar-refractivity contribution in [1.82, 2.24) is 15.1 Å². The van der Waals surface area contributed by atoms with E-state index in [-0.39, 0.29) is 23.7 Å². The van der Waals surface area contributed by atoms with Crippen molar-refractivity contribution in [1.29, 1.82) is 0 Å². The van der Waals surface area contributed by atoms with Gasteiger partial charge in [0.05, 0.1) is 16.3 Å². The van der Waals surface area contributed by atoms with Gasteiger partial charge in [0.15, 0.2) is 0 Å². The van der Waals surface area contributed by atoms with Gasteiger partial charge in [-0.25, -0.2) is 9.07 Å². The molecule has 33 heavy (non-hydrogen) atoms. The smallest absolute Gasteiger partial charge is 0.279 e. The molecule has 0 saturated carbocycles. The van der Waals surface area contributed by atoms with Crippen molar-refractivity contribution in [2.45, 2.75) is 25.7 Å². The molecule has 1 aliphatic rings. The zero-order chi connectivity index (χ0) is 23.8. The number of carbonyl (C=O) groups excluding carboxylic acids is 1. The molecule has 4 rings (SSSR count). The molecule has 2 N–H and O–H groups in total. The van der Waals surface area contributed by atoms with Crippen LogP contribution in [0.5, 0.6) is 0 Å². The van der Waals surface area contributed by atoms with Crippen LogP contribution in [0.4, 0.5) is 10.1 Å². The second-order valence-electron chi connectivity index (χ2n) is 8.56. The Labute approximate surface area is 191 Å². The minimum absolute atomic E-state index is 0.0804. The molecule has 2 aromatic carbocycles. The summed E-state index contributed by atoms with van der Waals surface area (Å²) in [5.74, 6) is -0.391. The van der Waals surface area contributed by atoms with E-state index in [1.165, 1.54) is 16.8 Å². The summed E-state index contributed by atoms with van der Waals surface area (Å²) < 4.78 is 15.5. The molecule has 0 unspecified atom stereocenters. The second kappa shape index (κ2) is 8.58. The number of aromatic nitrogens is 2. The number of hydrogen-bond acceptors (Lipinski definition) is 3. The fourth-order valence-electron chi connectivity index (χ4n) is 4.32. The molecular formula is C26H27FN4O2. The largest absolute Gasteiger partial charge is 0.359 e. The highest BCUT2D eigenvalue weighted by Crippen LogP contribution is 2.47. The van der Waals surface area contributed by atoms with Gasteiger partial charge >= 0.3 is 0 Å². The SMILES string of the molecule is C=c1[nH]n(-c2ccccc2)c(=O)/c1=C\C=C1/N(CCC(=O)NC)c2ccc(F)cc2C1(C)C. The number of amides is 1. The van der Waals surface area contributed by atoms with Crippen molar-refractivity contribution in [2.24, 2.45) is 0 Å². The monoisotopic (exact) mass is 446 g/mol. The van der Waals surface area contributed by atoms with Crippen LogP contribution in [-0.4, -0.2) is 29.3 Å². The first kappa shape index (κ1) is 22.3. The minimum atomic E-state index is -0.521. The summed E-state index contributed by atoms with van der Waals surface area (Å²) in [6, 6.07) is 14.0. The summed E-state index contributed by atoms with van der Waals surface area (Å²) in [4.78, 5) is 27.0. The summed E-state index contributed by atoms with van der Waals surface area (Å²) in [7, 11) is 1.60. The predicted octanol–water partition coefficient (Wildman–Crippen LogP) is 2.31. The van der Waals surface area contributed by atoms with Crippen molar-refractivity contribution in [3.8, 4) is 5.69 Å². The number of anilines is 1. The highest BCUT2D eigenvalue weighted by molar-refractivity contribution is 5.78. The molecule has 1 aliphatic heterocycles. The second-order valence-corrected chi connectivity index (χ2v) is 8.56. The molecule has 7 heteroatoms. The number of H-pyrrole nitrogens is 1. The lowest BCUT2D eigenvalue weighted by Crippen LogP contribution is -2.34. The number of nitrogens with one attached hydrogen (secondary N) is 2. The van der Waals surface area contributed by atoms with Gasteiger partial charge in [-0.1, -0.05) is 38.6 Å². The lowest BCUT2D eigenvalue weighted by Gasteiger charge is -2.26. The quantitative estimate of drug-likeness (QED) is 0.632. The molecule has 2 heterocycles. The van der Waals surface area contributed by atoms with Gasteiger partial charge in [-0.2, -0.15) is 0 Å². The maximum atomic E-state index is 14.1. The van der Waals surface area contributed by atoms with Gasteiger partial charge in [-0.05, 0) is 48.0 Å². The number of para-hydroxylation sites is 1. The zero-order valence-corrected chi connectivity index (χ0v) is 19.0. The molecule has 1 aromatic heterocycles. The van der Waals surface area contributed by atoms with Gasteiger partial charge in [-0.3, -0.25) is 14.7 Å². The van der Waals surface area contributed by atoms with E-state index in [2.05, 4.69) is 17.0 Å². The Morgan fingerprint density at radius 1 is 1.18 bits per heavy atom. The maximum absolute atomic E-state index is 14.1. The van der Waals surface area contributed by atoms with Crippen LogP contribution < -0.4 is 26.3 Å².